The van der Waals surface area contributed by atoms with E-state index >= 15 is 0 Å². The van der Waals surface area contributed by atoms with Gasteiger partial charge in [0.05, 0.1) is 54.1 Å². The first-order valence-corrected chi connectivity index (χ1v) is 14.2. The number of nitrogens with zero attached hydrogens (tertiary/aromatic N) is 3. The van der Waals surface area contributed by atoms with E-state index in [-0.39, 0.29) is 23.5 Å². The number of fused-ring (bicyclic) bond motifs is 1. The van der Waals surface area contributed by atoms with Crippen molar-refractivity contribution in [1.29, 1.82) is 0 Å². The number of ether oxygens (including phenoxy) is 2. The average molecular weight is 585 g/mol. The Morgan fingerprint density at radius 1 is 1.08 bits per heavy atom. The van der Waals surface area contributed by atoms with Crippen molar-refractivity contribution in [2.45, 2.75) is 19.4 Å². The van der Waals surface area contributed by atoms with Gasteiger partial charge in [-0.2, -0.15) is 5.10 Å². The number of halogens is 1. The van der Waals surface area contributed by atoms with Crippen LogP contribution in [0.4, 0.5) is 5.69 Å². The molecule has 0 spiro atoms. The van der Waals surface area contributed by atoms with Crippen LogP contribution >= 0.6 is 15.9 Å². The maximum Gasteiger partial charge on any atom is 0.256 e. The summed E-state index contributed by atoms with van der Waals surface area (Å²) in [4.78, 5) is 18.5. The minimum Gasteiger partial charge on any atom is -0.493 e. The normalized spacial score (nSPS) is 16.6. The number of aryl methyl sites for hydroxylation is 1. The molecule has 1 N–H and O–H groups in total. The van der Waals surface area contributed by atoms with Crippen LogP contribution in [0.5, 0.6) is 11.5 Å². The van der Waals surface area contributed by atoms with Gasteiger partial charge in [-0.1, -0.05) is 15.9 Å². The highest BCUT2D eigenvalue weighted by Gasteiger charge is 2.32. The lowest BCUT2D eigenvalue weighted by atomic mass is 10.0. The molecule has 37 heavy (non-hydrogen) atoms. The molecule has 4 aromatic rings. The standard InChI is InChI=1S/C26H25BrN4O5S/c1-15-24-20(26(32)28-18-7-5-17(27)6-8-18)13-21(16-4-9-22(35-2)23(12-16)36-3)29-25(24)31(30-15)19-10-11-37(33,34)14-19/h4-9,12-13,19H,10-11,14H2,1-3H3,(H,28,32). The van der Waals surface area contributed by atoms with E-state index in [2.05, 4.69) is 26.3 Å². The second kappa shape index (κ2) is 9.79. The summed E-state index contributed by atoms with van der Waals surface area (Å²) in [7, 11) is -0.0460. The lowest BCUT2D eigenvalue weighted by molar-refractivity contribution is 0.102. The number of pyridine rings is 1. The second-order valence-corrected chi connectivity index (χ2v) is 12.0. The number of carbonyl (C=O) groups is 1. The predicted molar refractivity (Wildman–Crippen MR) is 145 cm³/mol. The Morgan fingerprint density at radius 3 is 2.46 bits per heavy atom. The zero-order valence-corrected chi connectivity index (χ0v) is 22.9. The Morgan fingerprint density at radius 2 is 1.81 bits per heavy atom. The zero-order chi connectivity index (χ0) is 26.3. The third-order valence-electron chi connectivity index (χ3n) is 6.42. The average Bonchev–Trinajstić information content (AvgIpc) is 3.42. The highest BCUT2D eigenvalue weighted by Crippen LogP contribution is 2.35. The fourth-order valence-corrected chi connectivity index (χ4v) is 6.55. The van der Waals surface area contributed by atoms with E-state index in [9.17, 15) is 13.2 Å². The van der Waals surface area contributed by atoms with Gasteiger partial charge in [0.1, 0.15) is 0 Å². The summed E-state index contributed by atoms with van der Waals surface area (Å²) in [6, 6.07) is 14.1. The number of benzene rings is 2. The molecule has 1 saturated heterocycles. The molecule has 192 valence electrons. The van der Waals surface area contributed by atoms with Crippen LogP contribution in [0.3, 0.4) is 0 Å². The molecular weight excluding hydrogens is 560 g/mol. The maximum atomic E-state index is 13.6. The number of methoxy groups -OCH3 is 2. The van der Waals surface area contributed by atoms with Crippen LogP contribution in [0.15, 0.2) is 53.0 Å². The third-order valence-corrected chi connectivity index (χ3v) is 8.70. The Bertz CT molecular complexity index is 1620. The molecule has 1 aliphatic heterocycles. The van der Waals surface area contributed by atoms with E-state index in [1.54, 1.807) is 56.2 Å². The predicted octanol–water partition coefficient (Wildman–Crippen LogP) is 4.80. The summed E-state index contributed by atoms with van der Waals surface area (Å²) in [5, 5.41) is 8.19. The largest absolute Gasteiger partial charge is 0.493 e. The Balaban J connectivity index is 1.68. The van der Waals surface area contributed by atoms with Gasteiger partial charge in [0.25, 0.3) is 5.91 Å². The van der Waals surface area contributed by atoms with Crippen molar-refractivity contribution in [1.82, 2.24) is 14.8 Å². The molecule has 2 aromatic heterocycles. The Labute approximate surface area is 222 Å². The topological polar surface area (TPSA) is 112 Å². The minimum atomic E-state index is -3.15. The van der Waals surface area contributed by atoms with Crippen LogP contribution in [0, 0.1) is 6.92 Å². The number of carbonyl (C=O) groups excluding carboxylic acids is 1. The van der Waals surface area contributed by atoms with Crippen LogP contribution in [0.1, 0.15) is 28.5 Å². The highest BCUT2D eigenvalue weighted by molar-refractivity contribution is 9.10. The lowest BCUT2D eigenvalue weighted by Crippen LogP contribution is -2.15. The van der Waals surface area contributed by atoms with Crippen molar-refractivity contribution >= 4 is 48.4 Å². The molecule has 2 aromatic carbocycles. The number of aromatic nitrogens is 3. The fourth-order valence-electron chi connectivity index (χ4n) is 4.59. The molecule has 11 heteroatoms. The first-order chi connectivity index (χ1) is 17.7. The number of nitrogens with one attached hydrogen (secondary N) is 1. The van der Waals surface area contributed by atoms with Crippen LogP contribution in [0.25, 0.3) is 22.3 Å². The highest BCUT2D eigenvalue weighted by atomic mass is 79.9. The second-order valence-electron chi connectivity index (χ2n) is 8.87. The summed E-state index contributed by atoms with van der Waals surface area (Å²) < 4.78 is 37.8. The Kier molecular flexibility index (Phi) is 6.67. The Hall–Kier alpha value is -3.44. The van der Waals surface area contributed by atoms with Gasteiger partial charge in [-0.05, 0) is 61.9 Å². The van der Waals surface area contributed by atoms with Crippen molar-refractivity contribution in [3.8, 4) is 22.8 Å². The molecular formula is C26H25BrN4O5S. The monoisotopic (exact) mass is 584 g/mol. The number of hydrogen-bond donors (Lipinski definition) is 1. The van der Waals surface area contributed by atoms with Gasteiger partial charge in [0, 0.05) is 15.7 Å². The molecule has 1 fully saturated rings. The number of anilines is 1. The van der Waals surface area contributed by atoms with E-state index in [0.717, 1.165) is 4.47 Å². The summed E-state index contributed by atoms with van der Waals surface area (Å²) in [6.07, 6.45) is 0.446. The molecule has 1 unspecified atom stereocenters. The fraction of sp³-hybridized carbons (Fsp3) is 0.269. The lowest BCUT2D eigenvalue weighted by Gasteiger charge is -2.13. The van der Waals surface area contributed by atoms with Crippen molar-refractivity contribution < 1.29 is 22.7 Å². The van der Waals surface area contributed by atoms with Gasteiger partial charge in [-0.15, -0.1) is 0 Å². The van der Waals surface area contributed by atoms with Gasteiger partial charge in [0.15, 0.2) is 27.0 Å². The number of sulfone groups is 1. The molecule has 0 aliphatic carbocycles. The third kappa shape index (κ3) is 4.93. The van der Waals surface area contributed by atoms with Crippen LogP contribution in [-0.4, -0.2) is 54.8 Å². The molecule has 9 nitrogen and oxygen atoms in total. The van der Waals surface area contributed by atoms with Crippen molar-refractivity contribution in [2.75, 3.05) is 31.0 Å². The van der Waals surface area contributed by atoms with E-state index in [0.29, 0.717) is 57.2 Å². The van der Waals surface area contributed by atoms with E-state index in [1.807, 2.05) is 18.2 Å². The first kappa shape index (κ1) is 25.2. The summed E-state index contributed by atoms with van der Waals surface area (Å²) >= 11 is 3.40. The molecule has 3 heterocycles. The first-order valence-electron chi connectivity index (χ1n) is 11.6. The molecule has 0 bridgehead atoms. The SMILES string of the molecule is COc1ccc(-c2cc(C(=O)Nc3ccc(Br)cc3)c3c(C)nn(C4CCS(=O)(=O)C4)c3n2)cc1OC. The summed E-state index contributed by atoms with van der Waals surface area (Å²) in [5.74, 6) is 0.862. The quantitative estimate of drug-likeness (QED) is 0.346. The van der Waals surface area contributed by atoms with E-state index < -0.39 is 9.84 Å². The number of rotatable bonds is 6. The number of hydrogen-bond acceptors (Lipinski definition) is 7. The van der Waals surface area contributed by atoms with Gasteiger partial charge < -0.3 is 14.8 Å². The van der Waals surface area contributed by atoms with Crippen molar-refractivity contribution in [3.05, 3.63) is 64.3 Å². The van der Waals surface area contributed by atoms with Crippen LogP contribution in [0.2, 0.25) is 0 Å². The van der Waals surface area contributed by atoms with E-state index in [4.69, 9.17) is 14.5 Å². The van der Waals surface area contributed by atoms with Gasteiger partial charge in [0.2, 0.25) is 0 Å². The molecule has 1 aliphatic rings. The molecule has 5 rings (SSSR count). The molecule has 1 amide bonds. The van der Waals surface area contributed by atoms with Crippen molar-refractivity contribution in [3.63, 3.8) is 0 Å². The minimum absolute atomic E-state index is 0.00803. The van der Waals surface area contributed by atoms with Gasteiger partial charge in [-0.25, -0.2) is 18.1 Å². The smallest absolute Gasteiger partial charge is 0.256 e. The molecule has 0 saturated carbocycles. The van der Waals surface area contributed by atoms with Crippen molar-refractivity contribution in [2.24, 2.45) is 0 Å². The summed E-state index contributed by atoms with van der Waals surface area (Å²) in [6.45, 7) is 1.80. The van der Waals surface area contributed by atoms with Crippen LogP contribution in [-0.2, 0) is 9.84 Å². The summed E-state index contributed by atoms with van der Waals surface area (Å²) in [5.41, 5.74) is 3.33. The maximum absolute atomic E-state index is 13.6. The van der Waals surface area contributed by atoms with Gasteiger partial charge >= 0.3 is 0 Å². The number of amides is 1. The zero-order valence-electron chi connectivity index (χ0n) is 20.5. The van der Waals surface area contributed by atoms with Gasteiger partial charge in [-0.3, -0.25) is 4.79 Å². The molecule has 1 atom stereocenters. The van der Waals surface area contributed by atoms with E-state index in [1.165, 1.54) is 0 Å². The molecule has 0 radical (unpaired) electrons. The van der Waals surface area contributed by atoms with Crippen LogP contribution < -0.4 is 14.8 Å².